The zero-order valence-electron chi connectivity index (χ0n) is 7.84. The van der Waals surface area contributed by atoms with Crippen LogP contribution in [0, 0.1) is 20.2 Å². The van der Waals surface area contributed by atoms with Crippen LogP contribution in [0.25, 0.3) is 0 Å². The molecule has 0 aliphatic carbocycles. The van der Waals surface area contributed by atoms with Crippen molar-refractivity contribution in [2.45, 2.75) is 13.3 Å². The van der Waals surface area contributed by atoms with E-state index in [2.05, 4.69) is 0 Å². The second-order valence-electron chi connectivity index (χ2n) is 2.85. The number of nitro groups is 2. The number of nitro benzene ring substituents is 2. The number of phenols is 1. The Morgan fingerprint density at radius 2 is 1.60 bits per heavy atom. The van der Waals surface area contributed by atoms with Crippen molar-refractivity contribution < 1.29 is 15.0 Å². The number of hydrogen-bond donors (Lipinski definition) is 1. The standard InChI is InChI=1S/C8H8N2O5/c1-2-5-3-6(9(12)13)8(11)7(4-5)10(14)15/h3-4,11H,2H2,1H3. The summed E-state index contributed by atoms with van der Waals surface area (Å²) in [5.41, 5.74) is -0.840. The van der Waals surface area contributed by atoms with E-state index in [1.807, 2.05) is 0 Å². The van der Waals surface area contributed by atoms with E-state index in [0.717, 1.165) is 12.1 Å². The van der Waals surface area contributed by atoms with Gasteiger partial charge in [0.15, 0.2) is 0 Å². The summed E-state index contributed by atoms with van der Waals surface area (Å²) in [5, 5.41) is 30.2. The third-order valence-corrected chi connectivity index (χ3v) is 1.93. The molecule has 0 atom stereocenters. The summed E-state index contributed by atoms with van der Waals surface area (Å²) in [5.74, 6) is -0.901. The van der Waals surface area contributed by atoms with Gasteiger partial charge in [0.2, 0.25) is 0 Å². The Morgan fingerprint density at radius 1 is 1.20 bits per heavy atom. The molecule has 0 heterocycles. The van der Waals surface area contributed by atoms with Crippen LogP contribution in [0.3, 0.4) is 0 Å². The molecular weight excluding hydrogens is 204 g/mol. The highest BCUT2D eigenvalue weighted by atomic mass is 16.6. The van der Waals surface area contributed by atoms with Crippen molar-refractivity contribution in [2.24, 2.45) is 0 Å². The zero-order valence-corrected chi connectivity index (χ0v) is 7.84. The summed E-state index contributed by atoms with van der Waals surface area (Å²) in [6, 6.07) is 2.25. The van der Waals surface area contributed by atoms with Gasteiger partial charge in [-0.2, -0.15) is 0 Å². The molecule has 0 aliphatic heterocycles. The summed E-state index contributed by atoms with van der Waals surface area (Å²) in [6.45, 7) is 1.71. The summed E-state index contributed by atoms with van der Waals surface area (Å²) < 4.78 is 0. The average Bonchev–Trinajstić information content (AvgIpc) is 2.17. The van der Waals surface area contributed by atoms with Crippen LogP contribution in [-0.4, -0.2) is 15.0 Å². The minimum absolute atomic E-state index is 0.419. The Labute approximate surface area is 84.3 Å². The van der Waals surface area contributed by atoms with E-state index in [9.17, 15) is 25.3 Å². The predicted octanol–water partition coefficient (Wildman–Crippen LogP) is 1.77. The van der Waals surface area contributed by atoms with Crippen molar-refractivity contribution >= 4 is 11.4 Å². The lowest BCUT2D eigenvalue weighted by Gasteiger charge is -2.00. The first-order valence-electron chi connectivity index (χ1n) is 4.12. The molecule has 0 bridgehead atoms. The van der Waals surface area contributed by atoms with Crippen LogP contribution in [0.2, 0.25) is 0 Å². The van der Waals surface area contributed by atoms with Gasteiger partial charge in [0.1, 0.15) is 0 Å². The molecule has 1 aromatic carbocycles. The number of rotatable bonds is 3. The van der Waals surface area contributed by atoms with E-state index in [4.69, 9.17) is 0 Å². The van der Waals surface area contributed by atoms with Gasteiger partial charge in [0.25, 0.3) is 5.75 Å². The van der Waals surface area contributed by atoms with Crippen LogP contribution in [0.5, 0.6) is 5.75 Å². The SMILES string of the molecule is CCc1cc([N+](=O)[O-])c(O)c([N+](=O)[O-])c1. The number of phenolic OH excluding ortho intramolecular Hbond substituents is 1. The van der Waals surface area contributed by atoms with Crippen molar-refractivity contribution in [3.8, 4) is 5.75 Å². The molecule has 7 heteroatoms. The first kappa shape index (κ1) is 10.9. The number of nitrogens with zero attached hydrogens (tertiary/aromatic N) is 2. The molecule has 1 aromatic rings. The van der Waals surface area contributed by atoms with Gasteiger partial charge >= 0.3 is 11.4 Å². The van der Waals surface area contributed by atoms with Gasteiger partial charge in [-0.1, -0.05) is 6.92 Å². The minimum atomic E-state index is -0.901. The Balaban J connectivity index is 3.47. The molecule has 0 aromatic heterocycles. The maximum atomic E-state index is 10.5. The smallest absolute Gasteiger partial charge is 0.318 e. The number of hydrogen-bond acceptors (Lipinski definition) is 5. The van der Waals surface area contributed by atoms with Crippen molar-refractivity contribution in [3.05, 3.63) is 37.9 Å². The fourth-order valence-electron chi connectivity index (χ4n) is 1.14. The fraction of sp³-hybridized carbons (Fsp3) is 0.250. The van der Waals surface area contributed by atoms with Crippen molar-refractivity contribution in [1.82, 2.24) is 0 Å². The molecule has 0 saturated carbocycles. The first-order chi connectivity index (χ1) is 6.97. The molecule has 80 valence electrons. The molecule has 7 nitrogen and oxygen atoms in total. The molecule has 0 unspecified atom stereocenters. The number of aromatic hydroxyl groups is 1. The van der Waals surface area contributed by atoms with Crippen LogP contribution < -0.4 is 0 Å². The molecule has 1 N–H and O–H groups in total. The largest absolute Gasteiger partial charge is 0.497 e. The van der Waals surface area contributed by atoms with Gasteiger partial charge in [-0.15, -0.1) is 0 Å². The molecule has 0 saturated heterocycles. The van der Waals surface area contributed by atoms with Crippen LogP contribution in [-0.2, 0) is 6.42 Å². The third-order valence-electron chi connectivity index (χ3n) is 1.93. The van der Waals surface area contributed by atoms with Crippen LogP contribution in [0.15, 0.2) is 12.1 Å². The Morgan fingerprint density at radius 3 is 1.87 bits per heavy atom. The molecule has 0 aliphatic rings. The fourth-order valence-corrected chi connectivity index (χ4v) is 1.14. The summed E-state index contributed by atoms with van der Waals surface area (Å²) >= 11 is 0. The second kappa shape index (κ2) is 3.91. The summed E-state index contributed by atoms with van der Waals surface area (Å²) in [7, 11) is 0. The van der Waals surface area contributed by atoms with E-state index < -0.39 is 27.0 Å². The zero-order chi connectivity index (χ0) is 11.6. The van der Waals surface area contributed by atoms with Gasteiger partial charge in [-0.3, -0.25) is 20.2 Å². The Bertz CT molecular complexity index is 394. The highest BCUT2D eigenvalue weighted by molar-refractivity contribution is 5.60. The van der Waals surface area contributed by atoms with Crippen LogP contribution in [0.4, 0.5) is 11.4 Å². The van der Waals surface area contributed by atoms with Gasteiger partial charge in [0.05, 0.1) is 9.85 Å². The topological polar surface area (TPSA) is 107 Å². The normalized spacial score (nSPS) is 9.93. The third kappa shape index (κ3) is 2.01. The van der Waals surface area contributed by atoms with Crippen molar-refractivity contribution in [2.75, 3.05) is 0 Å². The molecular formula is C8H8N2O5. The lowest BCUT2D eigenvalue weighted by molar-refractivity contribution is -0.396. The van der Waals surface area contributed by atoms with Gasteiger partial charge in [-0.05, 0) is 12.0 Å². The molecule has 0 fully saturated rings. The highest BCUT2D eigenvalue weighted by Crippen LogP contribution is 2.36. The lowest BCUT2D eigenvalue weighted by atomic mass is 10.1. The Hall–Kier alpha value is -2.18. The minimum Gasteiger partial charge on any atom is -0.497 e. The van der Waals surface area contributed by atoms with Crippen LogP contribution in [0.1, 0.15) is 12.5 Å². The Kier molecular flexibility index (Phi) is 2.84. The molecule has 0 spiro atoms. The first-order valence-corrected chi connectivity index (χ1v) is 4.12. The van der Waals surface area contributed by atoms with Crippen molar-refractivity contribution in [3.63, 3.8) is 0 Å². The van der Waals surface area contributed by atoms with Gasteiger partial charge in [-0.25, -0.2) is 0 Å². The van der Waals surface area contributed by atoms with E-state index in [1.54, 1.807) is 6.92 Å². The molecule has 1 rings (SSSR count). The maximum Gasteiger partial charge on any atom is 0.318 e. The second-order valence-corrected chi connectivity index (χ2v) is 2.85. The summed E-state index contributed by atoms with van der Waals surface area (Å²) in [6.07, 6.45) is 0.419. The van der Waals surface area contributed by atoms with E-state index >= 15 is 0 Å². The quantitative estimate of drug-likeness (QED) is 0.606. The van der Waals surface area contributed by atoms with E-state index in [0.29, 0.717) is 12.0 Å². The molecule has 15 heavy (non-hydrogen) atoms. The average molecular weight is 212 g/mol. The van der Waals surface area contributed by atoms with E-state index in [-0.39, 0.29) is 0 Å². The monoisotopic (exact) mass is 212 g/mol. The number of benzene rings is 1. The summed E-state index contributed by atoms with van der Waals surface area (Å²) in [4.78, 5) is 19.3. The highest BCUT2D eigenvalue weighted by Gasteiger charge is 2.25. The van der Waals surface area contributed by atoms with Crippen LogP contribution >= 0.6 is 0 Å². The van der Waals surface area contributed by atoms with Crippen molar-refractivity contribution in [1.29, 1.82) is 0 Å². The number of aryl methyl sites for hydroxylation is 1. The van der Waals surface area contributed by atoms with Gasteiger partial charge < -0.3 is 5.11 Å². The predicted molar refractivity (Wildman–Crippen MR) is 50.8 cm³/mol. The van der Waals surface area contributed by atoms with E-state index in [1.165, 1.54) is 0 Å². The lowest BCUT2D eigenvalue weighted by Crippen LogP contribution is -1.96. The maximum absolute atomic E-state index is 10.5. The molecule has 0 radical (unpaired) electrons. The van der Waals surface area contributed by atoms with Gasteiger partial charge in [0, 0.05) is 12.1 Å². The molecule has 0 amide bonds.